The molecule has 0 aliphatic heterocycles. The van der Waals surface area contributed by atoms with Gasteiger partial charge in [-0.05, 0) is 48.0 Å². The van der Waals surface area contributed by atoms with E-state index in [2.05, 4.69) is 10.6 Å². The van der Waals surface area contributed by atoms with E-state index in [1.807, 2.05) is 0 Å². The van der Waals surface area contributed by atoms with E-state index >= 15 is 0 Å². The number of amides is 2. The molecule has 7 nitrogen and oxygen atoms in total. The molecule has 1 unspecified atom stereocenters. The standard InChI is InChI=1S/C15H28N2O5/c1-14(2,3)21-11(18)9-8-10(12(19)16-7)17-13(20)22-15(4,5)6/h10H,8-9H2,1-7H3,(H,16,19)(H,17,20). The number of ether oxygens (including phenoxy) is 2. The lowest BCUT2D eigenvalue weighted by Crippen LogP contribution is -2.47. The molecule has 7 heteroatoms. The van der Waals surface area contributed by atoms with Gasteiger partial charge in [0.25, 0.3) is 0 Å². The second-order valence-corrected chi connectivity index (χ2v) is 6.94. The summed E-state index contributed by atoms with van der Waals surface area (Å²) in [5.74, 6) is -0.818. The number of alkyl carbamates (subject to hydrolysis) is 1. The van der Waals surface area contributed by atoms with Gasteiger partial charge >= 0.3 is 12.1 Å². The van der Waals surface area contributed by atoms with Crippen molar-refractivity contribution in [1.82, 2.24) is 10.6 Å². The van der Waals surface area contributed by atoms with Crippen LogP contribution < -0.4 is 10.6 Å². The predicted molar refractivity (Wildman–Crippen MR) is 82.3 cm³/mol. The topological polar surface area (TPSA) is 93.7 Å². The Bertz CT molecular complexity index is 407. The highest BCUT2D eigenvalue weighted by atomic mass is 16.6. The van der Waals surface area contributed by atoms with E-state index < -0.39 is 35.2 Å². The summed E-state index contributed by atoms with van der Waals surface area (Å²) in [5.41, 5.74) is -1.25. The Morgan fingerprint density at radius 2 is 1.45 bits per heavy atom. The van der Waals surface area contributed by atoms with Gasteiger partial charge in [-0.3, -0.25) is 9.59 Å². The fourth-order valence-electron chi connectivity index (χ4n) is 1.55. The van der Waals surface area contributed by atoms with Crippen LogP contribution in [0.25, 0.3) is 0 Å². The molecule has 0 radical (unpaired) electrons. The molecule has 0 aliphatic rings. The van der Waals surface area contributed by atoms with E-state index in [0.717, 1.165) is 0 Å². The van der Waals surface area contributed by atoms with Gasteiger partial charge in [-0.15, -0.1) is 0 Å². The van der Waals surface area contributed by atoms with Crippen LogP contribution in [0, 0.1) is 0 Å². The van der Waals surface area contributed by atoms with Gasteiger partial charge in [0.15, 0.2) is 0 Å². The molecule has 0 saturated heterocycles. The van der Waals surface area contributed by atoms with Gasteiger partial charge in [0.1, 0.15) is 17.2 Å². The maximum absolute atomic E-state index is 11.8. The molecule has 0 aromatic carbocycles. The predicted octanol–water partition coefficient (Wildman–Crippen LogP) is 1.75. The Balaban J connectivity index is 4.57. The van der Waals surface area contributed by atoms with Crippen LogP contribution in [0.15, 0.2) is 0 Å². The first-order valence-corrected chi connectivity index (χ1v) is 7.27. The molecular weight excluding hydrogens is 288 g/mol. The van der Waals surface area contributed by atoms with Crippen LogP contribution in [0.2, 0.25) is 0 Å². The first-order valence-electron chi connectivity index (χ1n) is 7.27. The lowest BCUT2D eigenvalue weighted by atomic mass is 10.1. The summed E-state index contributed by atoms with van der Waals surface area (Å²) < 4.78 is 10.3. The molecule has 0 fully saturated rings. The van der Waals surface area contributed by atoms with E-state index in [9.17, 15) is 14.4 Å². The summed E-state index contributed by atoms with van der Waals surface area (Å²) in [6, 6.07) is -0.854. The van der Waals surface area contributed by atoms with Gasteiger partial charge in [0.2, 0.25) is 5.91 Å². The highest BCUT2D eigenvalue weighted by molar-refractivity contribution is 5.86. The molecule has 2 amide bonds. The SMILES string of the molecule is CNC(=O)C(CCC(=O)OC(C)(C)C)NC(=O)OC(C)(C)C. The minimum atomic E-state index is -0.854. The van der Waals surface area contributed by atoms with Gasteiger partial charge in [0.05, 0.1) is 0 Å². The molecular formula is C15H28N2O5. The van der Waals surface area contributed by atoms with Crippen molar-refractivity contribution in [3.05, 3.63) is 0 Å². The number of hydrogen-bond donors (Lipinski definition) is 2. The van der Waals surface area contributed by atoms with Crippen LogP contribution in [-0.2, 0) is 19.1 Å². The van der Waals surface area contributed by atoms with E-state index in [1.54, 1.807) is 41.5 Å². The van der Waals surface area contributed by atoms with Gasteiger partial charge in [-0.25, -0.2) is 4.79 Å². The summed E-state index contributed by atoms with van der Waals surface area (Å²) in [4.78, 5) is 35.2. The van der Waals surface area contributed by atoms with E-state index in [1.165, 1.54) is 7.05 Å². The molecule has 0 heterocycles. The molecule has 0 rings (SSSR count). The maximum atomic E-state index is 11.8. The molecule has 1 atom stereocenters. The number of nitrogens with one attached hydrogen (secondary N) is 2. The Morgan fingerprint density at radius 3 is 1.86 bits per heavy atom. The third kappa shape index (κ3) is 10.0. The van der Waals surface area contributed by atoms with Crippen LogP contribution in [0.4, 0.5) is 4.79 Å². The molecule has 0 aromatic rings. The quantitative estimate of drug-likeness (QED) is 0.754. The zero-order valence-electron chi connectivity index (χ0n) is 14.5. The zero-order chi connectivity index (χ0) is 17.6. The smallest absolute Gasteiger partial charge is 0.408 e. The van der Waals surface area contributed by atoms with Gasteiger partial charge in [-0.1, -0.05) is 0 Å². The highest BCUT2D eigenvalue weighted by Gasteiger charge is 2.25. The Hall–Kier alpha value is -1.79. The van der Waals surface area contributed by atoms with Crippen LogP contribution in [-0.4, -0.2) is 42.3 Å². The summed E-state index contributed by atoms with van der Waals surface area (Å²) in [7, 11) is 1.46. The lowest BCUT2D eigenvalue weighted by Gasteiger charge is -2.23. The van der Waals surface area contributed by atoms with E-state index in [-0.39, 0.29) is 12.8 Å². The van der Waals surface area contributed by atoms with Crippen LogP contribution in [0.3, 0.4) is 0 Å². The van der Waals surface area contributed by atoms with E-state index in [4.69, 9.17) is 9.47 Å². The van der Waals surface area contributed by atoms with Crippen molar-refractivity contribution in [3.63, 3.8) is 0 Å². The molecule has 0 spiro atoms. The summed E-state index contributed by atoms with van der Waals surface area (Å²) in [6.07, 6.45) is -0.552. The van der Waals surface area contributed by atoms with Crippen molar-refractivity contribution in [2.24, 2.45) is 0 Å². The molecule has 0 saturated carbocycles. The molecule has 0 aliphatic carbocycles. The fourth-order valence-corrected chi connectivity index (χ4v) is 1.55. The van der Waals surface area contributed by atoms with Crippen molar-refractivity contribution < 1.29 is 23.9 Å². The normalized spacial score (nSPS) is 13.0. The average molecular weight is 316 g/mol. The third-order valence-corrected chi connectivity index (χ3v) is 2.31. The maximum Gasteiger partial charge on any atom is 0.408 e. The van der Waals surface area contributed by atoms with E-state index in [0.29, 0.717) is 0 Å². The number of carbonyl (C=O) groups excluding carboxylic acids is 3. The van der Waals surface area contributed by atoms with Crippen LogP contribution in [0.1, 0.15) is 54.4 Å². The molecule has 0 bridgehead atoms. The lowest BCUT2D eigenvalue weighted by molar-refractivity contribution is -0.155. The number of carbonyl (C=O) groups is 3. The minimum absolute atomic E-state index is 0.0190. The number of rotatable bonds is 5. The van der Waals surface area contributed by atoms with Crippen molar-refractivity contribution in [3.8, 4) is 0 Å². The minimum Gasteiger partial charge on any atom is -0.460 e. The fraction of sp³-hybridized carbons (Fsp3) is 0.800. The highest BCUT2D eigenvalue weighted by Crippen LogP contribution is 2.11. The van der Waals surface area contributed by atoms with Gasteiger partial charge in [0, 0.05) is 13.5 Å². The van der Waals surface area contributed by atoms with Crippen molar-refractivity contribution in [2.45, 2.75) is 71.6 Å². The van der Waals surface area contributed by atoms with Crippen LogP contribution >= 0.6 is 0 Å². The first-order chi connectivity index (χ1) is 9.84. The third-order valence-electron chi connectivity index (χ3n) is 2.31. The number of esters is 1. The second-order valence-electron chi connectivity index (χ2n) is 6.94. The Morgan fingerprint density at radius 1 is 0.955 bits per heavy atom. The average Bonchev–Trinajstić information content (AvgIpc) is 2.28. The first kappa shape index (κ1) is 20.2. The second kappa shape index (κ2) is 8.00. The molecule has 22 heavy (non-hydrogen) atoms. The van der Waals surface area contributed by atoms with Gasteiger partial charge in [-0.2, -0.15) is 0 Å². The molecule has 0 aromatic heterocycles. The largest absolute Gasteiger partial charge is 0.460 e. The van der Waals surface area contributed by atoms with Crippen LogP contribution in [0.5, 0.6) is 0 Å². The molecule has 128 valence electrons. The summed E-state index contributed by atoms with van der Waals surface area (Å²) in [5, 5.41) is 4.91. The summed E-state index contributed by atoms with van der Waals surface area (Å²) >= 11 is 0. The van der Waals surface area contributed by atoms with Crippen molar-refractivity contribution in [2.75, 3.05) is 7.05 Å². The van der Waals surface area contributed by atoms with Crippen molar-refractivity contribution >= 4 is 18.0 Å². The monoisotopic (exact) mass is 316 g/mol. The zero-order valence-corrected chi connectivity index (χ0v) is 14.5. The number of hydrogen-bond acceptors (Lipinski definition) is 5. The van der Waals surface area contributed by atoms with Gasteiger partial charge < -0.3 is 20.1 Å². The summed E-state index contributed by atoms with van der Waals surface area (Å²) in [6.45, 7) is 10.5. The Labute approximate surface area is 132 Å². The van der Waals surface area contributed by atoms with Crippen molar-refractivity contribution in [1.29, 1.82) is 0 Å². The Kier molecular flexibility index (Phi) is 7.35. The number of likely N-dealkylation sites (N-methyl/N-ethyl adjacent to an activating group) is 1. The molecule has 2 N–H and O–H groups in total.